The summed E-state index contributed by atoms with van der Waals surface area (Å²) in [4.78, 5) is 2.69. The molecule has 0 aliphatic carbocycles. The largest absolute Gasteiger partial charge is 0.311 e. The van der Waals surface area contributed by atoms with Crippen molar-refractivity contribution in [2.24, 2.45) is 17.3 Å². The summed E-state index contributed by atoms with van der Waals surface area (Å²) in [6, 6.07) is 0. The molecule has 0 aromatic rings. The molecule has 0 heterocycles. The van der Waals surface area contributed by atoms with Crippen molar-refractivity contribution >= 4 is 0 Å². The third kappa shape index (κ3) is 11.2. The number of hydrogen-bond donors (Lipinski definition) is 1. The van der Waals surface area contributed by atoms with Gasteiger partial charge in [0.2, 0.25) is 0 Å². The second kappa shape index (κ2) is 9.15. The van der Waals surface area contributed by atoms with Gasteiger partial charge in [0.05, 0.1) is 0 Å². The molecule has 0 aliphatic rings. The molecule has 128 valence electrons. The highest BCUT2D eigenvalue weighted by Crippen LogP contribution is 2.26. The topological polar surface area (TPSA) is 15.3 Å². The zero-order valence-corrected chi connectivity index (χ0v) is 16.3. The van der Waals surface area contributed by atoms with Gasteiger partial charge < -0.3 is 10.2 Å². The fourth-order valence-corrected chi connectivity index (χ4v) is 3.08. The minimum absolute atomic E-state index is 0.204. The zero-order valence-electron chi connectivity index (χ0n) is 16.3. The van der Waals surface area contributed by atoms with Gasteiger partial charge in [-0.25, -0.2) is 0 Å². The van der Waals surface area contributed by atoms with E-state index in [2.05, 4.69) is 72.5 Å². The molecule has 2 nitrogen and oxygen atoms in total. The summed E-state index contributed by atoms with van der Waals surface area (Å²) in [6.45, 7) is 25.6. The lowest BCUT2D eigenvalue weighted by atomic mass is 9.83. The van der Waals surface area contributed by atoms with Crippen LogP contribution in [0.1, 0.15) is 75.2 Å². The maximum atomic E-state index is 3.73. The fourth-order valence-electron chi connectivity index (χ4n) is 3.08. The van der Waals surface area contributed by atoms with Crippen molar-refractivity contribution in [3.63, 3.8) is 0 Å². The summed E-state index contributed by atoms with van der Waals surface area (Å²) in [7, 11) is 0. The van der Waals surface area contributed by atoms with Crippen LogP contribution in [0.2, 0.25) is 0 Å². The van der Waals surface area contributed by atoms with Crippen LogP contribution in [-0.4, -0.2) is 36.6 Å². The average Bonchev–Trinajstić information content (AvgIpc) is 2.23. The van der Waals surface area contributed by atoms with Gasteiger partial charge in [-0.1, -0.05) is 48.0 Å². The summed E-state index contributed by atoms with van der Waals surface area (Å²) in [5.41, 5.74) is 0.571. The van der Waals surface area contributed by atoms with Crippen molar-refractivity contribution in [2.45, 2.75) is 80.7 Å². The van der Waals surface area contributed by atoms with Gasteiger partial charge >= 0.3 is 0 Å². The van der Waals surface area contributed by atoms with E-state index in [0.717, 1.165) is 18.4 Å². The third-order valence-corrected chi connectivity index (χ3v) is 3.75. The van der Waals surface area contributed by atoms with Gasteiger partial charge in [0.25, 0.3) is 0 Å². The summed E-state index contributed by atoms with van der Waals surface area (Å²) in [6.07, 6.45) is 2.56. The van der Waals surface area contributed by atoms with Crippen LogP contribution in [0.15, 0.2) is 0 Å². The average molecular weight is 299 g/mol. The Morgan fingerprint density at radius 2 is 1.38 bits per heavy atom. The van der Waals surface area contributed by atoms with E-state index in [9.17, 15) is 0 Å². The molecule has 0 aliphatic heterocycles. The molecule has 2 heteroatoms. The molecule has 21 heavy (non-hydrogen) atoms. The lowest BCUT2D eigenvalue weighted by molar-refractivity contribution is 0.119. The highest BCUT2D eigenvalue weighted by molar-refractivity contribution is 4.84. The van der Waals surface area contributed by atoms with Crippen molar-refractivity contribution in [1.82, 2.24) is 10.2 Å². The summed E-state index contributed by atoms with van der Waals surface area (Å²) in [5.74, 6) is 1.48. The molecule has 1 N–H and O–H groups in total. The van der Waals surface area contributed by atoms with Crippen LogP contribution < -0.4 is 5.32 Å². The zero-order chi connectivity index (χ0) is 16.7. The normalized spacial score (nSPS) is 16.0. The number of nitrogens with one attached hydrogen (secondary N) is 1. The number of rotatable bonds is 10. The molecule has 0 bridgehead atoms. The molecular formula is C19H42N2. The first kappa shape index (κ1) is 20.9. The molecule has 0 radical (unpaired) electrons. The highest BCUT2D eigenvalue weighted by atomic mass is 15.1. The molecule has 0 rings (SSSR count). The molecular weight excluding hydrogens is 256 g/mol. The summed E-state index contributed by atoms with van der Waals surface area (Å²) < 4.78 is 0. The van der Waals surface area contributed by atoms with Crippen LogP contribution in [0.25, 0.3) is 0 Å². The quantitative estimate of drug-likeness (QED) is 0.623. The Bertz CT molecular complexity index is 255. The van der Waals surface area contributed by atoms with E-state index in [1.165, 1.54) is 32.5 Å². The third-order valence-electron chi connectivity index (χ3n) is 3.75. The molecule has 0 fully saturated rings. The molecule has 0 aromatic heterocycles. The fraction of sp³-hybridized carbons (Fsp3) is 1.00. The Balaban J connectivity index is 4.79. The van der Waals surface area contributed by atoms with Crippen LogP contribution in [0.5, 0.6) is 0 Å². The van der Waals surface area contributed by atoms with Gasteiger partial charge in [-0.2, -0.15) is 0 Å². The Labute approximate surface area is 135 Å². The van der Waals surface area contributed by atoms with Crippen molar-refractivity contribution in [3.05, 3.63) is 0 Å². The monoisotopic (exact) mass is 298 g/mol. The Morgan fingerprint density at radius 1 is 0.905 bits per heavy atom. The maximum absolute atomic E-state index is 3.73. The van der Waals surface area contributed by atoms with E-state index in [1.54, 1.807) is 0 Å². The second-order valence-corrected chi connectivity index (χ2v) is 9.15. The van der Waals surface area contributed by atoms with E-state index in [4.69, 9.17) is 0 Å². The Kier molecular flexibility index (Phi) is 9.11. The van der Waals surface area contributed by atoms with Crippen molar-refractivity contribution in [2.75, 3.05) is 26.2 Å². The second-order valence-electron chi connectivity index (χ2n) is 9.15. The number of nitrogens with zero attached hydrogens (tertiary/aromatic N) is 1. The molecule has 0 spiro atoms. The predicted molar refractivity (Wildman–Crippen MR) is 96.9 cm³/mol. The minimum Gasteiger partial charge on any atom is -0.311 e. The maximum Gasteiger partial charge on any atom is 0.00967 e. The van der Waals surface area contributed by atoms with Crippen LogP contribution >= 0.6 is 0 Å². The standard InChI is InChI=1S/C19H42N2/c1-10-11-19(9,14-20-18(6,7)8)15-21(12-16(2)3)13-17(4)5/h16-17,20H,10-15H2,1-9H3. The SMILES string of the molecule is CCCC(C)(CNC(C)(C)C)CN(CC(C)C)CC(C)C. The minimum atomic E-state index is 0.204. The predicted octanol–water partition coefficient (Wildman–Crippen LogP) is 4.79. The Morgan fingerprint density at radius 3 is 1.71 bits per heavy atom. The van der Waals surface area contributed by atoms with E-state index >= 15 is 0 Å². The number of hydrogen-bond acceptors (Lipinski definition) is 2. The van der Waals surface area contributed by atoms with Crippen molar-refractivity contribution in [1.29, 1.82) is 0 Å². The lowest BCUT2D eigenvalue weighted by Gasteiger charge is -2.39. The van der Waals surface area contributed by atoms with Crippen LogP contribution in [-0.2, 0) is 0 Å². The summed E-state index contributed by atoms with van der Waals surface area (Å²) >= 11 is 0. The van der Waals surface area contributed by atoms with E-state index in [1.807, 2.05) is 0 Å². The summed E-state index contributed by atoms with van der Waals surface area (Å²) in [5, 5.41) is 3.73. The van der Waals surface area contributed by atoms with Gasteiger partial charge in [0, 0.05) is 31.7 Å². The molecule has 1 unspecified atom stereocenters. The van der Waals surface area contributed by atoms with E-state index in [-0.39, 0.29) is 5.54 Å². The molecule has 0 saturated carbocycles. The first-order valence-corrected chi connectivity index (χ1v) is 8.95. The molecule has 0 saturated heterocycles. The van der Waals surface area contributed by atoms with Crippen LogP contribution in [0.4, 0.5) is 0 Å². The van der Waals surface area contributed by atoms with Crippen LogP contribution in [0, 0.1) is 17.3 Å². The first-order chi connectivity index (χ1) is 9.47. The molecule has 0 aromatic carbocycles. The van der Waals surface area contributed by atoms with Gasteiger partial charge in [-0.3, -0.25) is 0 Å². The Hall–Kier alpha value is -0.0800. The highest BCUT2D eigenvalue weighted by Gasteiger charge is 2.28. The van der Waals surface area contributed by atoms with Gasteiger partial charge in [0.1, 0.15) is 0 Å². The smallest absolute Gasteiger partial charge is 0.00967 e. The van der Waals surface area contributed by atoms with Crippen molar-refractivity contribution in [3.8, 4) is 0 Å². The van der Waals surface area contributed by atoms with Crippen molar-refractivity contribution < 1.29 is 0 Å². The van der Waals surface area contributed by atoms with Crippen LogP contribution in [0.3, 0.4) is 0 Å². The lowest BCUT2D eigenvalue weighted by Crippen LogP contribution is -2.48. The van der Waals surface area contributed by atoms with E-state index < -0.39 is 0 Å². The molecule has 1 atom stereocenters. The van der Waals surface area contributed by atoms with E-state index in [0.29, 0.717) is 5.41 Å². The molecule has 0 amide bonds. The van der Waals surface area contributed by atoms with Gasteiger partial charge in [-0.15, -0.1) is 0 Å². The van der Waals surface area contributed by atoms with Gasteiger partial charge in [0.15, 0.2) is 0 Å². The first-order valence-electron chi connectivity index (χ1n) is 8.95. The van der Waals surface area contributed by atoms with Gasteiger partial charge in [-0.05, 0) is 44.4 Å².